The molecule has 3 aromatic carbocycles. The molecule has 0 aliphatic heterocycles. The topological polar surface area (TPSA) is 0 Å². The van der Waals surface area contributed by atoms with E-state index in [1.807, 2.05) is 0 Å². The predicted molar refractivity (Wildman–Crippen MR) is 118 cm³/mol. The lowest BCUT2D eigenvalue weighted by Crippen LogP contribution is -2.54. The van der Waals surface area contributed by atoms with Crippen molar-refractivity contribution in [3.8, 4) is 0 Å². The van der Waals surface area contributed by atoms with Crippen LogP contribution in [0.3, 0.4) is 0 Å². The zero-order valence-corrected chi connectivity index (χ0v) is 17.2. The van der Waals surface area contributed by atoms with Gasteiger partial charge in [0.05, 0.1) is 0 Å². The van der Waals surface area contributed by atoms with E-state index in [2.05, 4.69) is 124 Å². The van der Waals surface area contributed by atoms with Crippen LogP contribution in [0, 0.1) is 0 Å². The van der Waals surface area contributed by atoms with Crippen molar-refractivity contribution in [3.05, 3.63) is 102 Å². The van der Waals surface area contributed by atoms with Crippen LogP contribution in [-0.2, 0) is 5.41 Å². The van der Waals surface area contributed by atoms with E-state index in [0.29, 0.717) is 0 Å². The molecule has 0 aliphatic rings. The molecule has 0 unspecified atom stereocenters. The van der Waals surface area contributed by atoms with E-state index in [4.69, 9.17) is 0 Å². The van der Waals surface area contributed by atoms with Crippen molar-refractivity contribution >= 4 is 24.5 Å². The van der Waals surface area contributed by atoms with Crippen molar-refractivity contribution in [1.82, 2.24) is 0 Å². The molecule has 0 heterocycles. The van der Waals surface area contributed by atoms with Gasteiger partial charge < -0.3 is 0 Å². The maximum Gasteiger partial charge on any atom is 0.138 e. The van der Waals surface area contributed by atoms with Gasteiger partial charge in [-0.2, -0.15) is 0 Å². The molecule has 0 aliphatic carbocycles. The summed E-state index contributed by atoms with van der Waals surface area (Å²) in [5, 5.41) is 2.88. The van der Waals surface area contributed by atoms with Crippen molar-refractivity contribution in [1.29, 1.82) is 0 Å². The molecular formula is C25H28Si. The minimum Gasteiger partial charge on any atom is -0.0855 e. The van der Waals surface area contributed by atoms with Crippen LogP contribution in [0.2, 0.25) is 6.55 Å². The quantitative estimate of drug-likeness (QED) is 0.547. The molecule has 0 spiro atoms. The highest BCUT2D eigenvalue weighted by Gasteiger charge is 2.28. The Hall–Kier alpha value is -2.38. The van der Waals surface area contributed by atoms with E-state index < -0.39 is 8.07 Å². The Kier molecular flexibility index (Phi) is 5.29. The fraction of sp³-hybridized carbons (Fsp3) is 0.200. The van der Waals surface area contributed by atoms with Crippen LogP contribution >= 0.6 is 0 Å². The van der Waals surface area contributed by atoms with Crippen LogP contribution in [0.5, 0.6) is 0 Å². The first-order valence-corrected chi connectivity index (χ1v) is 11.9. The second kappa shape index (κ2) is 7.47. The van der Waals surface area contributed by atoms with Crippen LogP contribution < -0.4 is 10.4 Å². The molecule has 0 aromatic heterocycles. The lowest BCUT2D eigenvalue weighted by molar-refractivity contribution is 0.590. The molecule has 0 atom stereocenters. The Balaban J connectivity index is 1.98. The SMILES string of the molecule is CC(C)(C)c1ccc(/C=C\[Si](C)(c2ccccc2)c2ccccc2)cc1. The molecule has 0 amide bonds. The number of rotatable bonds is 4. The van der Waals surface area contributed by atoms with E-state index in [9.17, 15) is 0 Å². The third kappa shape index (κ3) is 4.05. The van der Waals surface area contributed by atoms with Crippen LogP contribution in [-0.4, -0.2) is 8.07 Å². The molecular weight excluding hydrogens is 328 g/mol. The fourth-order valence-electron chi connectivity index (χ4n) is 3.28. The standard InChI is InChI=1S/C25H28Si/c1-25(2,3)22-17-15-21(16-18-22)19-20-26(4,23-11-7-5-8-12-23)24-13-9-6-10-14-24/h5-20H,1-4H3/b20-19-. The summed E-state index contributed by atoms with van der Waals surface area (Å²) in [6, 6.07) is 30.8. The van der Waals surface area contributed by atoms with E-state index in [1.165, 1.54) is 21.5 Å². The van der Waals surface area contributed by atoms with Crippen molar-refractivity contribution in [3.63, 3.8) is 0 Å². The van der Waals surface area contributed by atoms with E-state index >= 15 is 0 Å². The molecule has 1 heteroatoms. The third-order valence-electron chi connectivity index (χ3n) is 5.13. The second-order valence-electron chi connectivity index (χ2n) is 8.14. The summed E-state index contributed by atoms with van der Waals surface area (Å²) in [6.07, 6.45) is 2.30. The zero-order valence-electron chi connectivity index (χ0n) is 16.2. The highest BCUT2D eigenvalue weighted by molar-refractivity contribution is 7.05. The third-order valence-corrected chi connectivity index (χ3v) is 9.03. The van der Waals surface area contributed by atoms with Crippen LogP contribution in [0.25, 0.3) is 6.08 Å². The summed E-state index contributed by atoms with van der Waals surface area (Å²) in [5.41, 5.74) is 5.30. The van der Waals surface area contributed by atoms with Gasteiger partial charge >= 0.3 is 0 Å². The number of hydrogen-bond donors (Lipinski definition) is 0. The van der Waals surface area contributed by atoms with Gasteiger partial charge in [-0.3, -0.25) is 0 Å². The summed E-state index contributed by atoms with van der Waals surface area (Å²) < 4.78 is 0. The average molecular weight is 357 g/mol. The first kappa shape index (κ1) is 18.4. The van der Waals surface area contributed by atoms with E-state index in [1.54, 1.807) is 0 Å². The van der Waals surface area contributed by atoms with E-state index in [0.717, 1.165) is 0 Å². The monoisotopic (exact) mass is 356 g/mol. The van der Waals surface area contributed by atoms with Gasteiger partial charge in [-0.1, -0.05) is 134 Å². The van der Waals surface area contributed by atoms with E-state index in [-0.39, 0.29) is 5.41 Å². The largest absolute Gasteiger partial charge is 0.138 e. The minimum atomic E-state index is -1.92. The molecule has 0 N–H and O–H groups in total. The number of hydrogen-bond acceptors (Lipinski definition) is 0. The Morgan fingerprint density at radius 3 is 1.54 bits per heavy atom. The van der Waals surface area contributed by atoms with Gasteiger partial charge in [-0.25, -0.2) is 0 Å². The van der Waals surface area contributed by atoms with Gasteiger partial charge in [-0.15, -0.1) is 0 Å². The Morgan fingerprint density at radius 2 is 1.12 bits per heavy atom. The normalized spacial score (nSPS) is 12.5. The molecule has 0 nitrogen and oxygen atoms in total. The van der Waals surface area contributed by atoms with Crippen LogP contribution in [0.1, 0.15) is 31.9 Å². The first-order valence-electron chi connectivity index (χ1n) is 9.30. The highest BCUT2D eigenvalue weighted by Crippen LogP contribution is 2.22. The molecule has 26 heavy (non-hydrogen) atoms. The Bertz CT molecular complexity index is 814. The predicted octanol–water partition coefficient (Wildman–Crippen LogP) is 5.43. The maximum atomic E-state index is 2.46. The summed E-state index contributed by atoms with van der Waals surface area (Å²) in [4.78, 5) is 0. The van der Waals surface area contributed by atoms with Crippen molar-refractivity contribution in [2.45, 2.75) is 32.7 Å². The molecule has 3 aromatic rings. The van der Waals surface area contributed by atoms with Gasteiger partial charge in [0.25, 0.3) is 0 Å². The molecule has 0 bridgehead atoms. The van der Waals surface area contributed by atoms with Crippen molar-refractivity contribution in [2.75, 3.05) is 0 Å². The fourth-order valence-corrected chi connectivity index (χ4v) is 6.30. The van der Waals surface area contributed by atoms with Crippen molar-refractivity contribution < 1.29 is 0 Å². The van der Waals surface area contributed by atoms with Crippen LogP contribution in [0.15, 0.2) is 90.6 Å². The molecule has 0 fully saturated rings. The van der Waals surface area contributed by atoms with Crippen LogP contribution in [0.4, 0.5) is 0 Å². The van der Waals surface area contributed by atoms with Gasteiger partial charge in [0.1, 0.15) is 8.07 Å². The average Bonchev–Trinajstić information content (AvgIpc) is 2.67. The minimum absolute atomic E-state index is 0.194. The van der Waals surface area contributed by atoms with Crippen molar-refractivity contribution in [2.24, 2.45) is 0 Å². The summed E-state index contributed by atoms with van der Waals surface area (Å²) in [6.45, 7) is 9.20. The molecule has 0 radical (unpaired) electrons. The van der Waals surface area contributed by atoms with Gasteiger partial charge in [-0.05, 0) is 16.5 Å². The maximum absolute atomic E-state index is 2.46. The molecule has 132 valence electrons. The summed E-state index contributed by atoms with van der Waals surface area (Å²) in [5.74, 6) is 0. The Morgan fingerprint density at radius 1 is 0.654 bits per heavy atom. The summed E-state index contributed by atoms with van der Waals surface area (Å²) >= 11 is 0. The smallest absolute Gasteiger partial charge is 0.0855 e. The second-order valence-corrected chi connectivity index (χ2v) is 12.0. The zero-order chi connectivity index (χ0) is 18.6. The molecule has 0 saturated heterocycles. The van der Waals surface area contributed by atoms with Gasteiger partial charge in [0.2, 0.25) is 0 Å². The van der Waals surface area contributed by atoms with Gasteiger partial charge in [0, 0.05) is 0 Å². The summed E-state index contributed by atoms with van der Waals surface area (Å²) in [7, 11) is -1.92. The molecule has 0 saturated carbocycles. The lowest BCUT2D eigenvalue weighted by Gasteiger charge is -2.25. The Labute approximate surface area is 159 Å². The first-order chi connectivity index (χ1) is 12.4. The number of benzene rings is 3. The molecule has 3 rings (SSSR count). The lowest BCUT2D eigenvalue weighted by atomic mass is 9.87. The highest BCUT2D eigenvalue weighted by atomic mass is 28.3. The van der Waals surface area contributed by atoms with Gasteiger partial charge in [0.15, 0.2) is 0 Å².